The first-order valence-corrected chi connectivity index (χ1v) is 5.65. The quantitative estimate of drug-likeness (QED) is 0.839. The number of fused-ring (bicyclic) bond motifs is 1. The topological polar surface area (TPSA) is 43.3 Å². The van der Waals surface area contributed by atoms with Gasteiger partial charge in [-0.15, -0.1) is 0 Å². The fraction of sp³-hybridized carbons (Fsp3) is 0.308. The normalized spacial score (nSPS) is 10.8. The van der Waals surface area contributed by atoms with Crippen LogP contribution in [-0.2, 0) is 11.8 Å². The highest BCUT2D eigenvalue weighted by molar-refractivity contribution is 5.98. The zero-order chi connectivity index (χ0) is 13.1. The van der Waals surface area contributed by atoms with Crippen LogP contribution in [-0.4, -0.2) is 30.7 Å². The van der Waals surface area contributed by atoms with Gasteiger partial charge in [0.1, 0.15) is 11.5 Å². The van der Waals surface area contributed by atoms with Crippen molar-refractivity contribution in [2.75, 3.05) is 20.3 Å². The minimum absolute atomic E-state index is 0.189. The number of rotatable bonds is 4. The number of carbonyl (C=O) groups is 1. The molecule has 0 spiro atoms. The predicted octanol–water partition coefficient (Wildman–Crippen LogP) is 1.69. The van der Waals surface area contributed by atoms with Crippen molar-refractivity contribution in [3.63, 3.8) is 0 Å². The average Bonchev–Trinajstić information content (AvgIpc) is 2.67. The molecule has 0 fully saturated rings. The summed E-state index contributed by atoms with van der Waals surface area (Å²) < 4.78 is 19.7. The van der Waals surface area contributed by atoms with Crippen LogP contribution in [0.1, 0.15) is 10.5 Å². The number of hydrogen-bond acceptors (Lipinski definition) is 2. The van der Waals surface area contributed by atoms with Gasteiger partial charge in [-0.05, 0) is 24.3 Å². The van der Waals surface area contributed by atoms with Crippen molar-refractivity contribution >= 4 is 16.8 Å². The van der Waals surface area contributed by atoms with Crippen molar-refractivity contribution in [3.05, 3.63) is 35.8 Å². The van der Waals surface area contributed by atoms with Crippen molar-refractivity contribution in [2.45, 2.75) is 0 Å². The van der Waals surface area contributed by atoms with Crippen LogP contribution in [0, 0.1) is 5.82 Å². The van der Waals surface area contributed by atoms with E-state index in [0.717, 1.165) is 5.39 Å². The monoisotopic (exact) mass is 250 g/mol. The van der Waals surface area contributed by atoms with E-state index in [1.165, 1.54) is 12.1 Å². The predicted molar refractivity (Wildman–Crippen MR) is 67.1 cm³/mol. The first-order valence-electron chi connectivity index (χ1n) is 5.65. The maximum absolute atomic E-state index is 13.1. The maximum Gasteiger partial charge on any atom is 0.268 e. The number of hydrogen-bond donors (Lipinski definition) is 1. The molecule has 1 amide bonds. The summed E-state index contributed by atoms with van der Waals surface area (Å²) in [6, 6.07) is 6.21. The van der Waals surface area contributed by atoms with Crippen molar-refractivity contribution < 1.29 is 13.9 Å². The number of nitrogens with zero attached hydrogens (tertiary/aromatic N) is 1. The van der Waals surface area contributed by atoms with Gasteiger partial charge in [0.25, 0.3) is 5.91 Å². The summed E-state index contributed by atoms with van der Waals surface area (Å²) in [7, 11) is 3.32. The lowest BCUT2D eigenvalue weighted by Gasteiger charge is -2.05. The van der Waals surface area contributed by atoms with Crippen molar-refractivity contribution in [1.29, 1.82) is 0 Å². The number of ether oxygens (including phenoxy) is 1. The Balaban J connectivity index is 2.28. The third-order valence-corrected chi connectivity index (χ3v) is 2.83. The molecule has 4 nitrogen and oxygen atoms in total. The molecule has 2 aromatic rings. The second kappa shape index (κ2) is 5.18. The van der Waals surface area contributed by atoms with Crippen LogP contribution >= 0.6 is 0 Å². The molecule has 1 heterocycles. The van der Waals surface area contributed by atoms with Crippen LogP contribution in [0.25, 0.3) is 10.9 Å². The molecule has 0 radical (unpaired) electrons. The highest BCUT2D eigenvalue weighted by Gasteiger charge is 2.13. The molecule has 0 aliphatic heterocycles. The molecule has 1 N–H and O–H groups in total. The largest absolute Gasteiger partial charge is 0.383 e. The Morgan fingerprint density at radius 3 is 2.94 bits per heavy atom. The number of methoxy groups -OCH3 is 1. The average molecular weight is 250 g/mol. The molecule has 0 aliphatic carbocycles. The van der Waals surface area contributed by atoms with Crippen LogP contribution in [0.15, 0.2) is 24.3 Å². The highest BCUT2D eigenvalue weighted by atomic mass is 19.1. The molecular weight excluding hydrogens is 235 g/mol. The SMILES string of the molecule is COCCNC(=O)c1cc2ccc(F)cc2n1C. The van der Waals surface area contributed by atoms with E-state index in [2.05, 4.69) is 5.32 Å². The van der Waals surface area contributed by atoms with E-state index in [-0.39, 0.29) is 11.7 Å². The van der Waals surface area contributed by atoms with Crippen LogP contribution in [0.2, 0.25) is 0 Å². The standard InChI is InChI=1S/C13H15FN2O2/c1-16-11-8-10(14)4-3-9(11)7-12(16)13(17)15-5-6-18-2/h3-4,7-8H,5-6H2,1-2H3,(H,15,17). The Kier molecular flexibility index (Phi) is 3.62. The molecule has 96 valence electrons. The number of carbonyl (C=O) groups excluding carboxylic acids is 1. The Labute approximate surface area is 104 Å². The molecule has 0 bridgehead atoms. The minimum atomic E-state index is -0.310. The third kappa shape index (κ3) is 2.36. The molecule has 2 rings (SSSR count). The molecule has 0 saturated heterocycles. The second-order valence-electron chi connectivity index (χ2n) is 4.04. The van der Waals surface area contributed by atoms with E-state index in [0.29, 0.717) is 24.4 Å². The van der Waals surface area contributed by atoms with E-state index < -0.39 is 0 Å². The number of halogens is 1. The number of aryl methyl sites for hydroxylation is 1. The molecule has 0 aliphatic rings. The zero-order valence-corrected chi connectivity index (χ0v) is 10.4. The lowest BCUT2D eigenvalue weighted by atomic mass is 10.2. The van der Waals surface area contributed by atoms with Gasteiger partial charge in [0.15, 0.2) is 0 Å². The summed E-state index contributed by atoms with van der Waals surface area (Å²) in [6.07, 6.45) is 0. The number of benzene rings is 1. The Morgan fingerprint density at radius 2 is 2.22 bits per heavy atom. The van der Waals surface area contributed by atoms with E-state index in [1.54, 1.807) is 30.9 Å². The van der Waals surface area contributed by atoms with Gasteiger partial charge in [-0.25, -0.2) is 4.39 Å². The molecule has 0 unspecified atom stereocenters. The smallest absolute Gasteiger partial charge is 0.268 e. The van der Waals surface area contributed by atoms with Crippen LogP contribution in [0.3, 0.4) is 0 Å². The Bertz CT molecular complexity index is 578. The molecule has 1 aromatic carbocycles. The summed E-state index contributed by atoms with van der Waals surface area (Å²) in [6.45, 7) is 0.912. The third-order valence-electron chi connectivity index (χ3n) is 2.83. The first kappa shape index (κ1) is 12.6. The Hall–Kier alpha value is -1.88. The highest BCUT2D eigenvalue weighted by Crippen LogP contribution is 2.19. The van der Waals surface area contributed by atoms with Gasteiger partial charge in [-0.2, -0.15) is 0 Å². The van der Waals surface area contributed by atoms with Gasteiger partial charge in [-0.3, -0.25) is 4.79 Å². The van der Waals surface area contributed by atoms with Gasteiger partial charge in [-0.1, -0.05) is 0 Å². The van der Waals surface area contributed by atoms with E-state index >= 15 is 0 Å². The first-order chi connectivity index (χ1) is 8.63. The van der Waals surface area contributed by atoms with Crippen LogP contribution < -0.4 is 5.32 Å². The summed E-state index contributed by atoms with van der Waals surface area (Å²) in [5.41, 5.74) is 1.21. The summed E-state index contributed by atoms with van der Waals surface area (Å²) in [4.78, 5) is 11.9. The summed E-state index contributed by atoms with van der Waals surface area (Å²) in [5, 5.41) is 3.58. The van der Waals surface area contributed by atoms with Crippen molar-refractivity contribution in [1.82, 2.24) is 9.88 Å². The minimum Gasteiger partial charge on any atom is -0.383 e. The van der Waals surface area contributed by atoms with E-state index in [1.807, 2.05) is 0 Å². The van der Waals surface area contributed by atoms with Gasteiger partial charge in [0.05, 0.1) is 12.1 Å². The molecule has 5 heteroatoms. The Morgan fingerprint density at radius 1 is 1.44 bits per heavy atom. The van der Waals surface area contributed by atoms with Gasteiger partial charge < -0.3 is 14.6 Å². The van der Waals surface area contributed by atoms with Crippen molar-refractivity contribution in [2.24, 2.45) is 7.05 Å². The lowest BCUT2D eigenvalue weighted by Crippen LogP contribution is -2.28. The molecule has 0 atom stereocenters. The molecule has 1 aromatic heterocycles. The summed E-state index contributed by atoms with van der Waals surface area (Å²) >= 11 is 0. The number of amides is 1. The fourth-order valence-electron chi connectivity index (χ4n) is 1.88. The molecular formula is C13H15FN2O2. The van der Waals surface area contributed by atoms with Crippen molar-refractivity contribution in [3.8, 4) is 0 Å². The van der Waals surface area contributed by atoms with E-state index in [9.17, 15) is 9.18 Å². The maximum atomic E-state index is 13.1. The molecule has 0 saturated carbocycles. The fourth-order valence-corrected chi connectivity index (χ4v) is 1.88. The van der Waals surface area contributed by atoms with Gasteiger partial charge in [0, 0.05) is 26.1 Å². The van der Waals surface area contributed by atoms with E-state index in [4.69, 9.17) is 4.74 Å². The van der Waals surface area contributed by atoms with Crippen LogP contribution in [0.5, 0.6) is 0 Å². The lowest BCUT2D eigenvalue weighted by molar-refractivity contribution is 0.0929. The number of nitrogens with one attached hydrogen (secondary N) is 1. The van der Waals surface area contributed by atoms with Gasteiger partial charge >= 0.3 is 0 Å². The van der Waals surface area contributed by atoms with Gasteiger partial charge in [0.2, 0.25) is 0 Å². The van der Waals surface area contributed by atoms with Crippen LogP contribution in [0.4, 0.5) is 4.39 Å². The zero-order valence-electron chi connectivity index (χ0n) is 10.4. The summed E-state index contributed by atoms with van der Waals surface area (Å²) in [5.74, 6) is -0.499. The number of aromatic nitrogens is 1. The second-order valence-corrected chi connectivity index (χ2v) is 4.04. The molecule has 18 heavy (non-hydrogen) atoms.